The molecular formula is C81H159NO5. The Kier molecular flexibility index (Phi) is 75.8. The minimum atomic E-state index is -0.842. The zero-order valence-corrected chi connectivity index (χ0v) is 59.5. The van der Waals surface area contributed by atoms with E-state index in [1.165, 1.54) is 405 Å². The number of hydrogen-bond acceptors (Lipinski definition) is 5. The molecular weight excluding hydrogens is 1070 g/mol. The van der Waals surface area contributed by atoms with Crippen LogP contribution in [0.4, 0.5) is 0 Å². The third-order valence-corrected chi connectivity index (χ3v) is 19.3. The van der Waals surface area contributed by atoms with Crippen molar-refractivity contribution in [2.45, 2.75) is 482 Å². The summed E-state index contributed by atoms with van der Waals surface area (Å²) in [5, 5.41) is 23.3. The molecule has 518 valence electrons. The highest BCUT2D eigenvalue weighted by Gasteiger charge is 2.18. The number of esters is 1. The van der Waals surface area contributed by atoms with Gasteiger partial charge in [0.15, 0.2) is 0 Å². The number of rotatable bonds is 77. The quantitative estimate of drug-likeness (QED) is 0.0320. The zero-order chi connectivity index (χ0) is 62.8. The summed E-state index contributed by atoms with van der Waals surface area (Å²) in [7, 11) is 0. The van der Waals surface area contributed by atoms with Crippen molar-refractivity contribution >= 4 is 11.9 Å². The predicted molar refractivity (Wildman–Crippen MR) is 384 cm³/mol. The van der Waals surface area contributed by atoms with Crippen LogP contribution >= 0.6 is 0 Å². The van der Waals surface area contributed by atoms with Crippen molar-refractivity contribution < 1.29 is 24.5 Å². The van der Waals surface area contributed by atoms with Gasteiger partial charge in [0.25, 0.3) is 0 Å². The third kappa shape index (κ3) is 73.5. The molecule has 3 N–H and O–H groups in total. The number of ether oxygens (including phenoxy) is 1. The fraction of sp³-hybridized carbons (Fsp3) is 0.951. The lowest BCUT2D eigenvalue weighted by Crippen LogP contribution is -2.45. The van der Waals surface area contributed by atoms with Gasteiger partial charge in [-0.2, -0.15) is 0 Å². The van der Waals surface area contributed by atoms with Gasteiger partial charge in [-0.1, -0.05) is 437 Å². The summed E-state index contributed by atoms with van der Waals surface area (Å²) in [6, 6.07) is -0.625. The minimum absolute atomic E-state index is 0.0256. The molecule has 0 saturated heterocycles. The second-order valence-electron chi connectivity index (χ2n) is 28.1. The van der Waals surface area contributed by atoms with Gasteiger partial charge in [0.1, 0.15) is 0 Å². The van der Waals surface area contributed by atoms with E-state index in [-0.39, 0.29) is 18.5 Å². The number of carbonyl (C=O) groups is 2. The molecule has 0 spiro atoms. The fourth-order valence-electron chi connectivity index (χ4n) is 13.2. The minimum Gasteiger partial charge on any atom is -0.466 e. The van der Waals surface area contributed by atoms with E-state index in [1.54, 1.807) is 6.08 Å². The second kappa shape index (κ2) is 77.1. The standard InChI is InChI=1S/C81H159NO5/c1-3-5-7-9-11-13-15-17-19-21-23-24-35-38-41-45-49-53-57-61-65-69-73-79(84)78(77-83)82-80(85)74-70-66-62-58-54-50-46-42-39-36-33-31-29-27-25-26-28-30-32-34-37-40-44-48-52-56-60-64-68-72-76-87-81(86)75-71-67-63-59-55-51-47-43-22-20-18-16-14-12-10-8-6-4-2/h69,73,78-79,83-84H,3-68,70-72,74-77H2,1-2H3,(H,82,85)/b73-69+. The first kappa shape index (κ1) is 85.6. The first-order valence-corrected chi connectivity index (χ1v) is 40.5. The monoisotopic (exact) mass is 1230 g/mol. The number of unbranched alkanes of at least 4 members (excludes halogenated alkanes) is 66. The van der Waals surface area contributed by atoms with E-state index in [1.807, 2.05) is 6.08 Å². The van der Waals surface area contributed by atoms with Gasteiger partial charge in [-0.15, -0.1) is 0 Å². The van der Waals surface area contributed by atoms with E-state index >= 15 is 0 Å². The molecule has 0 aliphatic carbocycles. The van der Waals surface area contributed by atoms with Gasteiger partial charge in [-0.05, 0) is 32.1 Å². The van der Waals surface area contributed by atoms with Crippen LogP contribution in [-0.4, -0.2) is 47.4 Å². The predicted octanol–water partition coefficient (Wildman–Crippen LogP) is 26.7. The Balaban J connectivity index is 3.34. The van der Waals surface area contributed by atoms with Crippen LogP contribution in [0.2, 0.25) is 0 Å². The number of aliphatic hydroxyl groups is 2. The second-order valence-corrected chi connectivity index (χ2v) is 28.1. The molecule has 0 aromatic carbocycles. The molecule has 2 atom stereocenters. The maximum atomic E-state index is 12.5. The van der Waals surface area contributed by atoms with Crippen LogP contribution in [-0.2, 0) is 14.3 Å². The first-order chi connectivity index (χ1) is 43.0. The van der Waals surface area contributed by atoms with Crippen molar-refractivity contribution in [3.8, 4) is 0 Å². The van der Waals surface area contributed by atoms with Gasteiger partial charge in [0.05, 0.1) is 25.4 Å². The van der Waals surface area contributed by atoms with Gasteiger partial charge in [0.2, 0.25) is 5.91 Å². The fourth-order valence-corrected chi connectivity index (χ4v) is 13.2. The lowest BCUT2D eigenvalue weighted by Gasteiger charge is -2.20. The number of allylic oxidation sites excluding steroid dienone is 1. The van der Waals surface area contributed by atoms with Crippen LogP contribution in [0.1, 0.15) is 470 Å². The molecule has 0 aromatic heterocycles. The highest BCUT2D eigenvalue weighted by molar-refractivity contribution is 5.76. The SMILES string of the molecule is CCCCCCCCCCCCCCCCCCCCCC/C=C/C(O)C(CO)NC(=O)CCCCCCCCCCCCCCCCCCCCCCCCCCCCCCCCOC(=O)CCCCCCCCCCCCCCCCCCCC. The van der Waals surface area contributed by atoms with E-state index in [0.29, 0.717) is 19.4 Å². The number of aliphatic hydroxyl groups excluding tert-OH is 2. The van der Waals surface area contributed by atoms with Gasteiger partial charge in [-0.25, -0.2) is 0 Å². The first-order valence-electron chi connectivity index (χ1n) is 40.5. The molecule has 1 amide bonds. The smallest absolute Gasteiger partial charge is 0.305 e. The van der Waals surface area contributed by atoms with Crippen LogP contribution in [0, 0.1) is 0 Å². The van der Waals surface area contributed by atoms with Crippen LogP contribution in [0.3, 0.4) is 0 Å². The van der Waals surface area contributed by atoms with E-state index < -0.39 is 12.1 Å². The average Bonchev–Trinajstić information content (AvgIpc) is 3.57. The van der Waals surface area contributed by atoms with E-state index in [0.717, 1.165) is 38.5 Å². The number of amides is 1. The van der Waals surface area contributed by atoms with Crippen molar-refractivity contribution in [2.75, 3.05) is 13.2 Å². The highest BCUT2D eigenvalue weighted by Crippen LogP contribution is 2.20. The van der Waals surface area contributed by atoms with Crippen LogP contribution in [0.25, 0.3) is 0 Å². The third-order valence-electron chi connectivity index (χ3n) is 19.3. The van der Waals surface area contributed by atoms with Crippen LogP contribution < -0.4 is 5.32 Å². The molecule has 87 heavy (non-hydrogen) atoms. The van der Waals surface area contributed by atoms with Crippen molar-refractivity contribution in [1.82, 2.24) is 5.32 Å². The van der Waals surface area contributed by atoms with Gasteiger partial charge >= 0.3 is 5.97 Å². The van der Waals surface area contributed by atoms with E-state index in [4.69, 9.17) is 4.74 Å². The molecule has 0 aliphatic rings. The Labute approximate surface area is 546 Å². The topological polar surface area (TPSA) is 95.9 Å². The number of carbonyl (C=O) groups excluding carboxylic acids is 2. The summed E-state index contributed by atoms with van der Waals surface area (Å²) in [5.41, 5.74) is 0. The Bertz CT molecular complexity index is 1320. The molecule has 6 heteroatoms. The number of hydrogen-bond donors (Lipinski definition) is 3. The lowest BCUT2D eigenvalue weighted by atomic mass is 10.0. The summed E-state index contributed by atoms with van der Waals surface area (Å²) in [5.74, 6) is -0.0329. The van der Waals surface area contributed by atoms with Gasteiger partial charge in [-0.3, -0.25) is 9.59 Å². The average molecular weight is 1230 g/mol. The Morgan fingerprint density at radius 1 is 0.310 bits per heavy atom. The molecule has 0 aromatic rings. The highest BCUT2D eigenvalue weighted by atomic mass is 16.5. The van der Waals surface area contributed by atoms with Crippen molar-refractivity contribution in [2.24, 2.45) is 0 Å². The molecule has 0 heterocycles. The lowest BCUT2D eigenvalue weighted by molar-refractivity contribution is -0.143. The molecule has 6 nitrogen and oxygen atoms in total. The maximum Gasteiger partial charge on any atom is 0.305 e. The maximum absolute atomic E-state index is 12.5. The normalized spacial score (nSPS) is 12.5. The molecule has 0 rings (SSSR count). The molecule has 2 unspecified atom stereocenters. The largest absolute Gasteiger partial charge is 0.466 e. The molecule has 0 radical (unpaired) electrons. The van der Waals surface area contributed by atoms with E-state index in [9.17, 15) is 19.8 Å². The van der Waals surface area contributed by atoms with Gasteiger partial charge < -0.3 is 20.3 Å². The van der Waals surface area contributed by atoms with Gasteiger partial charge in [0, 0.05) is 12.8 Å². The number of nitrogens with one attached hydrogen (secondary N) is 1. The van der Waals surface area contributed by atoms with Crippen LogP contribution in [0.5, 0.6) is 0 Å². The van der Waals surface area contributed by atoms with Crippen molar-refractivity contribution in [3.63, 3.8) is 0 Å². The Morgan fingerprint density at radius 2 is 0.529 bits per heavy atom. The Hall–Kier alpha value is -1.40. The summed E-state index contributed by atoms with van der Waals surface area (Å²) in [6.45, 7) is 4.97. The zero-order valence-electron chi connectivity index (χ0n) is 59.5. The summed E-state index contributed by atoms with van der Waals surface area (Å²) in [6.07, 6.45) is 97.7. The van der Waals surface area contributed by atoms with E-state index in [2.05, 4.69) is 19.2 Å². The summed E-state index contributed by atoms with van der Waals surface area (Å²) in [4.78, 5) is 24.7. The summed E-state index contributed by atoms with van der Waals surface area (Å²) < 4.78 is 5.52. The molecule has 0 bridgehead atoms. The molecule has 0 aliphatic heterocycles. The Morgan fingerprint density at radius 3 is 0.782 bits per heavy atom. The van der Waals surface area contributed by atoms with Crippen LogP contribution in [0.15, 0.2) is 12.2 Å². The van der Waals surface area contributed by atoms with Crippen molar-refractivity contribution in [3.05, 3.63) is 12.2 Å². The molecule has 0 fully saturated rings. The molecule has 0 saturated carbocycles. The summed E-state index contributed by atoms with van der Waals surface area (Å²) >= 11 is 0. The van der Waals surface area contributed by atoms with Crippen molar-refractivity contribution in [1.29, 1.82) is 0 Å².